The third kappa shape index (κ3) is 39.9. The largest absolute Gasteiger partial charge is 0.469 e. The van der Waals surface area contributed by atoms with Gasteiger partial charge in [0.2, 0.25) is 0 Å². The fourth-order valence-electron chi connectivity index (χ4n) is 5.80. The van der Waals surface area contributed by atoms with E-state index in [1.165, 1.54) is 77.0 Å². The lowest BCUT2D eigenvalue weighted by atomic mass is 10.0. The smallest absolute Gasteiger partial charge is 0.462 e. The van der Waals surface area contributed by atoms with E-state index in [2.05, 4.69) is 67.0 Å². The molecule has 11 heteroatoms. The van der Waals surface area contributed by atoms with Gasteiger partial charge >= 0.3 is 19.8 Å². The average Bonchev–Trinajstić information content (AvgIpc) is 3.16. The molecule has 0 aromatic rings. The van der Waals surface area contributed by atoms with Crippen molar-refractivity contribution >= 4 is 19.8 Å². The van der Waals surface area contributed by atoms with E-state index in [0.717, 1.165) is 51.4 Å². The number of rotatable bonds is 39. The van der Waals surface area contributed by atoms with Crippen molar-refractivity contribution < 1.29 is 48.2 Å². The van der Waals surface area contributed by atoms with Gasteiger partial charge in [-0.3, -0.25) is 14.1 Å². The molecule has 0 rings (SSSR count). The molecule has 0 saturated heterocycles. The molecule has 324 valence electrons. The number of esters is 2. The summed E-state index contributed by atoms with van der Waals surface area (Å²) in [5.41, 5.74) is 0. The van der Waals surface area contributed by atoms with Gasteiger partial charge in [-0.25, -0.2) is 4.57 Å². The molecule has 0 aromatic carbocycles. The highest BCUT2D eigenvalue weighted by atomic mass is 31.2. The second kappa shape index (κ2) is 39.5. The summed E-state index contributed by atoms with van der Waals surface area (Å²) >= 11 is 0. The summed E-state index contributed by atoms with van der Waals surface area (Å²) in [5, 5.41) is 20.6. The van der Waals surface area contributed by atoms with Crippen molar-refractivity contribution in [1.82, 2.24) is 0 Å². The number of carbonyl (C=O) groups excluding carboxylic acids is 2. The van der Waals surface area contributed by atoms with Crippen LogP contribution in [0, 0.1) is 0 Å². The van der Waals surface area contributed by atoms with E-state index in [4.69, 9.17) is 19.3 Å². The van der Waals surface area contributed by atoms with Crippen LogP contribution >= 0.6 is 7.82 Å². The van der Waals surface area contributed by atoms with E-state index in [-0.39, 0.29) is 32.1 Å². The van der Waals surface area contributed by atoms with Gasteiger partial charge in [-0.1, -0.05) is 145 Å². The van der Waals surface area contributed by atoms with Crippen LogP contribution in [0.5, 0.6) is 0 Å². The maximum absolute atomic E-state index is 12.4. The van der Waals surface area contributed by atoms with Crippen LogP contribution in [0.1, 0.15) is 181 Å². The van der Waals surface area contributed by atoms with Gasteiger partial charge in [-0.15, -0.1) is 0 Å². The number of aliphatic hydroxyl groups is 2. The van der Waals surface area contributed by atoms with Crippen molar-refractivity contribution in [3.8, 4) is 0 Å². The number of aliphatic hydroxyl groups excluding tert-OH is 2. The molecule has 0 aliphatic carbocycles. The Balaban J connectivity index is 4.14. The summed E-state index contributed by atoms with van der Waals surface area (Å²) in [6.07, 6.45) is 42.5. The van der Waals surface area contributed by atoms with Crippen LogP contribution < -0.4 is 0 Å². The fourth-order valence-corrected chi connectivity index (χ4v) is 6.16. The molecule has 56 heavy (non-hydrogen) atoms. The summed E-state index contributed by atoms with van der Waals surface area (Å²) in [6.45, 7) is 3.39. The molecule has 0 spiro atoms. The highest BCUT2D eigenvalue weighted by molar-refractivity contribution is 7.46. The molecule has 0 amide bonds. The average molecular weight is 811 g/mol. The number of carbonyl (C=O) groups is 2. The zero-order valence-corrected chi connectivity index (χ0v) is 35.9. The van der Waals surface area contributed by atoms with E-state index >= 15 is 0 Å². The van der Waals surface area contributed by atoms with Crippen LogP contribution in [0.25, 0.3) is 0 Å². The molecule has 4 N–H and O–H groups in total. The van der Waals surface area contributed by atoms with Gasteiger partial charge in [-0.05, 0) is 83.5 Å². The molecule has 0 aliphatic rings. The Morgan fingerprint density at radius 2 is 0.982 bits per heavy atom. The van der Waals surface area contributed by atoms with Crippen molar-refractivity contribution in [2.75, 3.05) is 13.2 Å². The Kier molecular flexibility index (Phi) is 37.9. The molecule has 0 aliphatic heterocycles. The van der Waals surface area contributed by atoms with Crippen molar-refractivity contribution in [3.63, 3.8) is 0 Å². The molecule has 10 nitrogen and oxygen atoms in total. The number of unbranched alkanes of at least 4 members (excludes halogenated alkanes) is 15. The molecule has 2 unspecified atom stereocenters. The van der Waals surface area contributed by atoms with Crippen LogP contribution in [-0.2, 0) is 28.2 Å². The second-order valence-electron chi connectivity index (χ2n) is 14.6. The fraction of sp³-hybridized carbons (Fsp3) is 0.733. The molecule has 0 heterocycles. The third-order valence-electron chi connectivity index (χ3n) is 9.21. The summed E-state index contributed by atoms with van der Waals surface area (Å²) < 4.78 is 26.2. The van der Waals surface area contributed by atoms with E-state index in [1.54, 1.807) is 0 Å². The molecular formula is C45H79O10P. The van der Waals surface area contributed by atoms with Gasteiger partial charge in [-0.2, -0.15) is 0 Å². The summed E-state index contributed by atoms with van der Waals surface area (Å²) in [7, 11) is -4.84. The monoisotopic (exact) mass is 811 g/mol. The molecule has 3 atom stereocenters. The lowest BCUT2D eigenvalue weighted by Gasteiger charge is -2.19. The maximum atomic E-state index is 12.4. The van der Waals surface area contributed by atoms with Gasteiger partial charge in [0.25, 0.3) is 0 Å². The Hall–Kier alpha value is -2.33. The van der Waals surface area contributed by atoms with E-state index in [1.807, 2.05) is 12.2 Å². The van der Waals surface area contributed by atoms with Gasteiger partial charge < -0.3 is 29.5 Å². The van der Waals surface area contributed by atoms with Gasteiger partial charge in [0, 0.05) is 12.8 Å². The zero-order valence-electron chi connectivity index (χ0n) is 35.0. The van der Waals surface area contributed by atoms with E-state index < -0.39 is 51.3 Å². The Labute approximate surface area is 340 Å². The van der Waals surface area contributed by atoms with Crippen LogP contribution in [0.4, 0.5) is 0 Å². The highest BCUT2D eigenvalue weighted by Gasteiger charge is 2.23. The van der Waals surface area contributed by atoms with Gasteiger partial charge in [0.1, 0.15) is 6.61 Å². The number of ether oxygens (including phenoxy) is 2. The van der Waals surface area contributed by atoms with Crippen LogP contribution in [0.15, 0.2) is 60.8 Å². The first-order chi connectivity index (χ1) is 27.1. The van der Waals surface area contributed by atoms with Crippen molar-refractivity contribution in [2.24, 2.45) is 0 Å². The van der Waals surface area contributed by atoms with Gasteiger partial charge in [0.05, 0.1) is 18.8 Å². The lowest BCUT2D eigenvalue weighted by Crippen LogP contribution is -2.30. The van der Waals surface area contributed by atoms with Crippen molar-refractivity contribution in [3.05, 3.63) is 60.8 Å². The topological polar surface area (TPSA) is 160 Å². The first kappa shape index (κ1) is 53.7. The van der Waals surface area contributed by atoms with Crippen molar-refractivity contribution in [2.45, 2.75) is 199 Å². The van der Waals surface area contributed by atoms with Crippen LogP contribution in [-0.4, -0.2) is 63.5 Å². The maximum Gasteiger partial charge on any atom is 0.469 e. The SMILES string of the molecule is CCCCC/C=C\C/C=C\C/C=C\CC(O)C(O)CCCC(=O)O[C@H](COC(=O)CCCCCCCCCCC/C=C\C/C=C\CCCCC)COP(=O)(O)O. The molecule has 0 bridgehead atoms. The Morgan fingerprint density at radius 1 is 0.536 bits per heavy atom. The second-order valence-corrected chi connectivity index (χ2v) is 15.9. The number of hydrogen-bond acceptors (Lipinski definition) is 8. The minimum Gasteiger partial charge on any atom is -0.462 e. The first-order valence-electron chi connectivity index (χ1n) is 21.7. The molecule has 0 aromatic heterocycles. The molecule has 0 fully saturated rings. The minimum absolute atomic E-state index is 0.105. The number of phosphoric ester groups is 1. The summed E-state index contributed by atoms with van der Waals surface area (Å²) in [5.74, 6) is -1.18. The normalized spacial score (nSPS) is 14.2. The Morgan fingerprint density at radius 3 is 1.50 bits per heavy atom. The minimum atomic E-state index is -4.84. The zero-order chi connectivity index (χ0) is 41.4. The molecule has 0 radical (unpaired) electrons. The lowest BCUT2D eigenvalue weighted by molar-refractivity contribution is -0.161. The number of allylic oxidation sites excluding steroid dienone is 9. The highest BCUT2D eigenvalue weighted by Crippen LogP contribution is 2.36. The molecular weight excluding hydrogens is 731 g/mol. The number of hydrogen-bond donors (Lipinski definition) is 4. The quantitative estimate of drug-likeness (QED) is 0.0204. The molecule has 0 saturated carbocycles. The van der Waals surface area contributed by atoms with E-state index in [9.17, 15) is 24.4 Å². The predicted octanol–water partition coefficient (Wildman–Crippen LogP) is 11.2. The predicted molar refractivity (Wildman–Crippen MR) is 228 cm³/mol. The van der Waals surface area contributed by atoms with Crippen LogP contribution in [0.2, 0.25) is 0 Å². The van der Waals surface area contributed by atoms with E-state index in [0.29, 0.717) is 6.42 Å². The standard InChI is InChI=1S/C45H79O10P/c1-3-5-7-9-11-13-15-17-18-19-20-21-22-23-25-27-29-31-33-37-44(48)53-39-41(40-54-56(50,51)52)55-45(49)38-34-36-43(47)42(46)35-32-30-28-26-24-16-14-12-10-8-6-4-2/h11-14,17-18,24,26,30,32,41-43,46-47H,3-10,15-16,19-23,25,27-29,31,33-40H2,1-2H3,(H2,50,51,52)/b13-11-,14-12-,18-17-,26-24-,32-30-/t41-,42?,43?/m1/s1. The number of phosphoric acid groups is 1. The van der Waals surface area contributed by atoms with Crippen molar-refractivity contribution in [1.29, 1.82) is 0 Å². The van der Waals surface area contributed by atoms with Crippen LogP contribution in [0.3, 0.4) is 0 Å². The summed E-state index contributed by atoms with van der Waals surface area (Å²) in [4.78, 5) is 42.9. The summed E-state index contributed by atoms with van der Waals surface area (Å²) in [6, 6.07) is 0. The third-order valence-corrected chi connectivity index (χ3v) is 9.70. The van der Waals surface area contributed by atoms with Gasteiger partial charge in [0.15, 0.2) is 6.10 Å². The Bertz CT molecular complexity index is 1130. The first-order valence-corrected chi connectivity index (χ1v) is 23.3.